The molecular weight excluding hydrogens is 1190 g/mol. The molecule has 0 aromatic heterocycles. The molecule has 6 aromatic carbocycles. The van der Waals surface area contributed by atoms with Crippen molar-refractivity contribution >= 4 is 36.6 Å². The largest absolute Gasteiger partial charge is 0.445 e. The van der Waals surface area contributed by atoms with E-state index in [9.17, 15) is 39.0 Å². The molecule has 23 nitrogen and oxygen atoms in total. The number of β-amino-alcohol motifs (C(OH)–C–C–N with tert-alkyl or cyclic N) is 2. The summed E-state index contributed by atoms with van der Waals surface area (Å²) in [6.45, 7) is 1.47. The molecule has 0 radical (unpaired) electrons. The van der Waals surface area contributed by atoms with Crippen LogP contribution in [0, 0.1) is 0 Å². The van der Waals surface area contributed by atoms with E-state index in [4.69, 9.17) is 33.2 Å². The molecule has 0 spiro atoms. The van der Waals surface area contributed by atoms with E-state index in [0.717, 1.165) is 33.4 Å². The highest BCUT2D eigenvalue weighted by molar-refractivity contribution is 5.71. The SMILES string of the molecule is O=C(OCc1ccccc1)N1CCN(CC(O)COCC(O)CN2CCN(C(=O)OCc3ccccc3)CCN(C(=O)OCc3ccccc3)CCN(C(=O)OCc3ccccc3)CC2)CCN(C(=O)OCc2ccccc2)CCN(C(=O)OCc2ccccc2)CC1. The van der Waals surface area contributed by atoms with Gasteiger partial charge in [0.15, 0.2) is 0 Å². The van der Waals surface area contributed by atoms with Crippen molar-refractivity contribution in [3.8, 4) is 0 Å². The molecule has 2 unspecified atom stereocenters. The van der Waals surface area contributed by atoms with E-state index in [2.05, 4.69) is 0 Å². The van der Waals surface area contributed by atoms with E-state index in [1.807, 2.05) is 192 Å². The summed E-state index contributed by atoms with van der Waals surface area (Å²) in [5.74, 6) is 0. The number of benzene rings is 6. The molecule has 2 atom stereocenters. The predicted molar refractivity (Wildman–Crippen MR) is 345 cm³/mol. The molecule has 2 N–H and O–H groups in total. The molecule has 2 fully saturated rings. The average molecular weight is 1280 g/mol. The Morgan fingerprint density at radius 2 is 0.430 bits per heavy atom. The summed E-state index contributed by atoms with van der Waals surface area (Å²) in [7, 11) is 0. The number of amides is 6. The Morgan fingerprint density at radius 3 is 0.602 bits per heavy atom. The van der Waals surface area contributed by atoms with E-state index in [0.29, 0.717) is 0 Å². The Labute approximate surface area is 544 Å². The summed E-state index contributed by atoms with van der Waals surface area (Å²) in [6.07, 6.45) is -5.90. The van der Waals surface area contributed by atoms with Crippen molar-refractivity contribution in [1.82, 2.24) is 39.2 Å². The number of carbonyl (C=O) groups is 6. The lowest BCUT2D eigenvalue weighted by Crippen LogP contribution is -2.51. The van der Waals surface area contributed by atoms with E-state index in [-0.39, 0.29) is 171 Å². The summed E-state index contributed by atoms with van der Waals surface area (Å²) < 4.78 is 40.8. The minimum Gasteiger partial charge on any atom is -0.445 e. The van der Waals surface area contributed by atoms with Crippen LogP contribution in [0.15, 0.2) is 182 Å². The van der Waals surface area contributed by atoms with Crippen LogP contribution in [0.1, 0.15) is 33.4 Å². The third-order valence-electron chi connectivity index (χ3n) is 15.6. The van der Waals surface area contributed by atoms with Crippen molar-refractivity contribution in [1.29, 1.82) is 0 Å². The van der Waals surface area contributed by atoms with Crippen molar-refractivity contribution < 1.29 is 72.1 Å². The minimum absolute atomic E-state index is 0.0153. The molecular formula is C70H86N8O15. The molecule has 496 valence electrons. The molecule has 23 heteroatoms. The van der Waals surface area contributed by atoms with Gasteiger partial charge in [0.2, 0.25) is 0 Å². The van der Waals surface area contributed by atoms with Crippen LogP contribution >= 0.6 is 0 Å². The second-order valence-electron chi connectivity index (χ2n) is 22.6. The standard InChI is InChI=1S/C70H86N8O15/c79-63(47-71-31-35-73(65(81)88-49-57-19-7-1-8-20-57)39-43-77(69(85)92-53-61-27-15-5-16-28-61)44-40-74(36-32-71)66(82)89-50-58-21-9-2-10-22-58)55-87-56-64(80)48-72-33-37-75(67(83)90-51-59-23-11-3-12-24-59)41-45-78(70(86)93-54-62-29-17-6-18-30-62)46-42-76(38-34-72)68(84)91-52-60-25-13-4-14-26-60/h1-30,63-64,79-80H,31-56H2. The maximum absolute atomic E-state index is 13.9. The zero-order chi connectivity index (χ0) is 65.2. The summed E-state index contributed by atoms with van der Waals surface area (Å²) in [5.41, 5.74) is 4.75. The number of hydrogen-bond donors (Lipinski definition) is 2. The van der Waals surface area contributed by atoms with Gasteiger partial charge in [-0.05, 0) is 33.4 Å². The van der Waals surface area contributed by atoms with Gasteiger partial charge in [-0.3, -0.25) is 9.80 Å². The summed E-state index contributed by atoms with van der Waals surface area (Å²) in [4.78, 5) is 96.2. The van der Waals surface area contributed by atoms with Crippen LogP contribution in [0.25, 0.3) is 0 Å². The lowest BCUT2D eigenvalue weighted by atomic mass is 10.2. The summed E-state index contributed by atoms with van der Waals surface area (Å²) in [6, 6.07) is 55.6. The summed E-state index contributed by atoms with van der Waals surface area (Å²) in [5, 5.41) is 23.3. The van der Waals surface area contributed by atoms with Gasteiger partial charge in [0.05, 0.1) is 25.4 Å². The second kappa shape index (κ2) is 38.6. The molecule has 2 saturated heterocycles. The van der Waals surface area contributed by atoms with Gasteiger partial charge in [-0.15, -0.1) is 0 Å². The number of ether oxygens (including phenoxy) is 7. The number of rotatable bonds is 20. The number of aliphatic hydroxyl groups excluding tert-OH is 2. The zero-order valence-corrected chi connectivity index (χ0v) is 52.6. The normalized spacial score (nSPS) is 15.8. The zero-order valence-electron chi connectivity index (χ0n) is 52.6. The number of aliphatic hydroxyl groups is 2. The first-order valence-electron chi connectivity index (χ1n) is 31.5. The van der Waals surface area contributed by atoms with Crippen molar-refractivity contribution in [3.05, 3.63) is 215 Å². The van der Waals surface area contributed by atoms with Gasteiger partial charge in [0.25, 0.3) is 0 Å². The fourth-order valence-corrected chi connectivity index (χ4v) is 10.3. The molecule has 0 saturated carbocycles. The Morgan fingerprint density at radius 1 is 0.269 bits per heavy atom. The van der Waals surface area contributed by atoms with Crippen LogP contribution < -0.4 is 0 Å². The van der Waals surface area contributed by atoms with Gasteiger partial charge in [-0.25, -0.2) is 28.8 Å². The smallest absolute Gasteiger partial charge is 0.410 e. The van der Waals surface area contributed by atoms with Gasteiger partial charge >= 0.3 is 36.6 Å². The van der Waals surface area contributed by atoms with Gasteiger partial charge in [0, 0.05) is 118 Å². The third-order valence-corrected chi connectivity index (χ3v) is 15.6. The average Bonchev–Trinajstić information content (AvgIpc) is 3.00. The Bertz CT molecular complexity index is 2810. The van der Waals surface area contributed by atoms with E-state index in [1.54, 1.807) is 0 Å². The van der Waals surface area contributed by atoms with E-state index < -0.39 is 48.8 Å². The maximum atomic E-state index is 13.9. The number of carbonyl (C=O) groups excluding carboxylic acids is 6. The van der Waals surface area contributed by atoms with E-state index in [1.165, 1.54) is 29.4 Å². The van der Waals surface area contributed by atoms with Crippen molar-refractivity contribution in [2.75, 3.05) is 131 Å². The molecule has 0 aliphatic carbocycles. The topological polar surface area (TPSA) is 233 Å². The number of nitrogens with zero attached hydrogens (tertiary/aromatic N) is 8. The van der Waals surface area contributed by atoms with Crippen LogP contribution in [0.5, 0.6) is 0 Å². The van der Waals surface area contributed by atoms with Crippen molar-refractivity contribution in [2.45, 2.75) is 51.8 Å². The van der Waals surface area contributed by atoms with Gasteiger partial charge in [0.1, 0.15) is 39.6 Å². The van der Waals surface area contributed by atoms with Crippen LogP contribution in [0.4, 0.5) is 28.8 Å². The molecule has 6 amide bonds. The molecule has 6 aromatic rings. The van der Waals surface area contributed by atoms with Gasteiger partial charge in [-0.2, -0.15) is 0 Å². The minimum atomic E-state index is -1.11. The molecule has 2 heterocycles. The molecule has 2 aliphatic rings. The van der Waals surface area contributed by atoms with E-state index >= 15 is 0 Å². The predicted octanol–water partition coefficient (Wildman–Crippen LogP) is 8.19. The Balaban J connectivity index is 0.930. The number of hydrogen-bond acceptors (Lipinski definition) is 17. The third kappa shape index (κ3) is 25.0. The Kier molecular flexibility index (Phi) is 28.9. The van der Waals surface area contributed by atoms with Crippen molar-refractivity contribution in [2.24, 2.45) is 0 Å². The first-order valence-corrected chi connectivity index (χ1v) is 31.5. The highest BCUT2D eigenvalue weighted by Gasteiger charge is 2.29. The van der Waals surface area contributed by atoms with Crippen LogP contribution in [0.3, 0.4) is 0 Å². The first kappa shape index (κ1) is 69.6. The molecule has 2 aliphatic heterocycles. The van der Waals surface area contributed by atoms with Gasteiger partial charge in [-0.1, -0.05) is 182 Å². The highest BCUT2D eigenvalue weighted by Crippen LogP contribution is 2.15. The quantitative estimate of drug-likeness (QED) is 0.0686. The summed E-state index contributed by atoms with van der Waals surface area (Å²) >= 11 is 0. The fourth-order valence-electron chi connectivity index (χ4n) is 10.3. The van der Waals surface area contributed by atoms with Crippen LogP contribution in [-0.4, -0.2) is 229 Å². The first-order chi connectivity index (χ1) is 45.4. The van der Waals surface area contributed by atoms with Crippen LogP contribution in [-0.2, 0) is 72.8 Å². The van der Waals surface area contributed by atoms with Gasteiger partial charge < -0.3 is 72.8 Å². The Hall–Kier alpha value is -9.26. The lowest BCUT2D eigenvalue weighted by Gasteiger charge is -2.34. The molecule has 0 bridgehead atoms. The highest BCUT2D eigenvalue weighted by atomic mass is 16.6. The maximum Gasteiger partial charge on any atom is 0.410 e. The molecule has 8 rings (SSSR count). The lowest BCUT2D eigenvalue weighted by molar-refractivity contribution is -0.0280. The van der Waals surface area contributed by atoms with Crippen LogP contribution in [0.2, 0.25) is 0 Å². The fraction of sp³-hybridized carbons (Fsp3) is 0.400. The van der Waals surface area contributed by atoms with Crippen molar-refractivity contribution in [3.63, 3.8) is 0 Å². The monoisotopic (exact) mass is 1280 g/mol. The molecule has 93 heavy (non-hydrogen) atoms. The second-order valence-corrected chi connectivity index (χ2v) is 22.6.